The van der Waals surface area contributed by atoms with Gasteiger partial charge in [-0.1, -0.05) is 13.3 Å². The van der Waals surface area contributed by atoms with Crippen LogP contribution < -0.4 is 0 Å². The Kier molecular flexibility index (Phi) is 4.59. The van der Waals surface area contributed by atoms with E-state index in [0.717, 1.165) is 44.8 Å². The fourth-order valence-electron chi connectivity index (χ4n) is 2.78. The fraction of sp³-hybridized carbons (Fsp3) is 0.923. The Balaban J connectivity index is 1.95. The van der Waals surface area contributed by atoms with Crippen molar-refractivity contribution in [3.8, 4) is 0 Å². The zero-order valence-corrected chi connectivity index (χ0v) is 12.9. The van der Waals surface area contributed by atoms with Crippen LogP contribution in [0.4, 0.5) is 4.79 Å². The molecule has 1 spiro atoms. The number of nitrogens with zero attached hydrogens (tertiary/aromatic N) is 1. The molecule has 1 aliphatic carbocycles. The van der Waals surface area contributed by atoms with Crippen LogP contribution in [0.3, 0.4) is 0 Å². The molecule has 1 saturated heterocycles. The molecule has 20 heavy (non-hydrogen) atoms. The number of ether oxygens (including phenoxy) is 1. The smallest absolute Gasteiger partial charge is 0.410 e. The molecule has 6 nitrogen and oxygen atoms in total. The van der Waals surface area contributed by atoms with Gasteiger partial charge in [-0.2, -0.15) is 8.42 Å². The predicted molar refractivity (Wildman–Crippen MR) is 73.9 cm³/mol. The van der Waals surface area contributed by atoms with Gasteiger partial charge in [0.15, 0.2) is 0 Å². The quantitative estimate of drug-likeness (QED) is 0.553. The van der Waals surface area contributed by atoms with Gasteiger partial charge in [-0.15, -0.1) is 0 Å². The summed E-state index contributed by atoms with van der Waals surface area (Å²) in [6, 6.07) is -0.193. The molecule has 1 heterocycles. The van der Waals surface area contributed by atoms with Crippen molar-refractivity contribution in [2.24, 2.45) is 0 Å². The summed E-state index contributed by atoms with van der Waals surface area (Å²) in [7, 11) is -3.48. The highest BCUT2D eigenvalue weighted by Gasteiger charge is 2.57. The third-order valence-electron chi connectivity index (χ3n) is 4.04. The molecule has 1 atom stereocenters. The summed E-state index contributed by atoms with van der Waals surface area (Å²) in [6.07, 6.45) is 6.16. The highest BCUT2D eigenvalue weighted by atomic mass is 32.2. The minimum Gasteiger partial charge on any atom is -0.449 e. The molecule has 0 aromatic rings. The van der Waals surface area contributed by atoms with E-state index in [1.807, 2.05) is 6.92 Å². The summed E-state index contributed by atoms with van der Waals surface area (Å²) in [5, 5.41) is 0. The number of carbonyl (C=O) groups excluding carboxylic acids is 1. The number of hydrogen-bond donors (Lipinski definition) is 0. The molecule has 1 saturated carbocycles. The van der Waals surface area contributed by atoms with Gasteiger partial charge in [0.1, 0.15) is 0 Å². The molecular formula is C13H23NO5S. The van der Waals surface area contributed by atoms with Crippen LogP contribution in [0, 0.1) is 0 Å². The first-order valence-electron chi connectivity index (χ1n) is 7.18. The van der Waals surface area contributed by atoms with Crippen molar-refractivity contribution in [1.82, 2.24) is 4.90 Å². The van der Waals surface area contributed by atoms with Crippen molar-refractivity contribution in [1.29, 1.82) is 0 Å². The van der Waals surface area contributed by atoms with Gasteiger partial charge in [-0.25, -0.2) is 4.79 Å². The average molecular weight is 305 g/mol. The second-order valence-electron chi connectivity index (χ2n) is 5.74. The van der Waals surface area contributed by atoms with E-state index in [1.165, 1.54) is 0 Å². The molecule has 0 aromatic carbocycles. The number of amides is 1. The van der Waals surface area contributed by atoms with E-state index in [4.69, 9.17) is 8.92 Å². The van der Waals surface area contributed by atoms with Crippen molar-refractivity contribution < 1.29 is 22.1 Å². The van der Waals surface area contributed by atoms with Crippen LogP contribution >= 0.6 is 0 Å². The molecule has 1 aliphatic heterocycles. The number of carbonyl (C=O) groups is 1. The summed E-state index contributed by atoms with van der Waals surface area (Å²) < 4.78 is 32.3. The fourth-order valence-corrected chi connectivity index (χ4v) is 3.19. The average Bonchev–Trinajstić information content (AvgIpc) is 3.01. The van der Waals surface area contributed by atoms with E-state index in [0.29, 0.717) is 6.61 Å². The van der Waals surface area contributed by atoms with Crippen LogP contribution in [0.15, 0.2) is 0 Å². The third kappa shape index (κ3) is 3.63. The maximum absolute atomic E-state index is 12.2. The number of likely N-dealkylation sites (tertiary alicyclic amines) is 1. The van der Waals surface area contributed by atoms with Crippen LogP contribution in [-0.2, 0) is 19.0 Å². The minimum absolute atomic E-state index is 0.0312. The molecule has 0 bridgehead atoms. The summed E-state index contributed by atoms with van der Waals surface area (Å²) >= 11 is 0. The first kappa shape index (κ1) is 15.6. The Morgan fingerprint density at radius 2 is 2.05 bits per heavy atom. The second kappa shape index (κ2) is 5.89. The molecule has 0 unspecified atom stereocenters. The Morgan fingerprint density at radius 3 is 2.60 bits per heavy atom. The largest absolute Gasteiger partial charge is 0.449 e. The van der Waals surface area contributed by atoms with Gasteiger partial charge >= 0.3 is 6.09 Å². The van der Waals surface area contributed by atoms with E-state index >= 15 is 0 Å². The number of unbranched alkanes of at least 4 members (excludes halogenated alkanes) is 1. The molecule has 116 valence electrons. The summed E-state index contributed by atoms with van der Waals surface area (Å²) in [5.41, 5.74) is -0.0885. The van der Waals surface area contributed by atoms with E-state index in [1.54, 1.807) is 4.90 Å². The Labute approximate surface area is 120 Å². The lowest BCUT2D eigenvalue weighted by Gasteiger charge is -2.29. The van der Waals surface area contributed by atoms with Crippen molar-refractivity contribution in [3.63, 3.8) is 0 Å². The van der Waals surface area contributed by atoms with Crippen molar-refractivity contribution in [3.05, 3.63) is 0 Å². The number of hydrogen-bond acceptors (Lipinski definition) is 5. The van der Waals surface area contributed by atoms with Crippen molar-refractivity contribution >= 4 is 16.2 Å². The van der Waals surface area contributed by atoms with Crippen LogP contribution in [-0.4, -0.2) is 50.5 Å². The standard InChI is InChI=1S/C13H23NO5S/c1-3-4-9-18-12(15)14-11(10-19-20(2,16)17)5-6-13(14)7-8-13/h11H,3-10H2,1-2H3/t11-/m1/s1. The van der Waals surface area contributed by atoms with Gasteiger partial charge in [0.05, 0.1) is 25.5 Å². The molecule has 0 N–H and O–H groups in total. The van der Waals surface area contributed by atoms with Gasteiger partial charge in [0, 0.05) is 5.54 Å². The van der Waals surface area contributed by atoms with Gasteiger partial charge < -0.3 is 4.74 Å². The second-order valence-corrected chi connectivity index (χ2v) is 7.39. The van der Waals surface area contributed by atoms with Gasteiger partial charge in [-0.3, -0.25) is 9.08 Å². The Bertz CT molecular complexity index is 457. The monoisotopic (exact) mass is 305 g/mol. The Hall–Kier alpha value is -0.820. The highest BCUT2D eigenvalue weighted by molar-refractivity contribution is 7.85. The minimum atomic E-state index is -3.48. The number of rotatable bonds is 6. The molecule has 7 heteroatoms. The maximum atomic E-state index is 12.2. The summed E-state index contributed by atoms with van der Waals surface area (Å²) in [4.78, 5) is 13.9. The normalized spacial score (nSPS) is 24.1. The zero-order chi connectivity index (χ0) is 14.8. The summed E-state index contributed by atoms with van der Waals surface area (Å²) in [6.45, 7) is 2.49. The Morgan fingerprint density at radius 1 is 1.35 bits per heavy atom. The molecule has 1 amide bonds. The van der Waals surface area contributed by atoms with Crippen LogP contribution in [0.1, 0.15) is 45.4 Å². The molecule has 0 aromatic heterocycles. The topological polar surface area (TPSA) is 72.9 Å². The van der Waals surface area contributed by atoms with E-state index in [9.17, 15) is 13.2 Å². The zero-order valence-electron chi connectivity index (χ0n) is 12.1. The van der Waals surface area contributed by atoms with Gasteiger partial charge in [-0.05, 0) is 32.1 Å². The first-order valence-corrected chi connectivity index (χ1v) is 9.00. The molecule has 2 rings (SSSR count). The molecular weight excluding hydrogens is 282 g/mol. The van der Waals surface area contributed by atoms with Crippen LogP contribution in [0.2, 0.25) is 0 Å². The lowest BCUT2D eigenvalue weighted by atomic mass is 10.2. The van der Waals surface area contributed by atoms with Gasteiger partial charge in [0.25, 0.3) is 10.1 Å². The van der Waals surface area contributed by atoms with Gasteiger partial charge in [0.2, 0.25) is 0 Å². The SMILES string of the molecule is CCCCOC(=O)N1[C@@H](COS(C)(=O)=O)CCC12CC2. The van der Waals surface area contributed by atoms with Crippen LogP contribution in [0.25, 0.3) is 0 Å². The van der Waals surface area contributed by atoms with Crippen LogP contribution in [0.5, 0.6) is 0 Å². The van der Waals surface area contributed by atoms with E-state index in [-0.39, 0.29) is 24.3 Å². The van der Waals surface area contributed by atoms with E-state index in [2.05, 4.69) is 0 Å². The molecule has 2 fully saturated rings. The van der Waals surface area contributed by atoms with Crippen molar-refractivity contribution in [2.75, 3.05) is 19.5 Å². The predicted octanol–water partition coefficient (Wildman–Crippen LogP) is 1.90. The molecule has 2 aliphatic rings. The lowest BCUT2D eigenvalue weighted by Crippen LogP contribution is -2.45. The third-order valence-corrected chi connectivity index (χ3v) is 4.61. The summed E-state index contributed by atoms with van der Waals surface area (Å²) in [5.74, 6) is 0. The molecule has 0 radical (unpaired) electrons. The highest BCUT2D eigenvalue weighted by Crippen LogP contribution is 2.52. The van der Waals surface area contributed by atoms with E-state index < -0.39 is 10.1 Å². The first-order chi connectivity index (χ1) is 9.38. The lowest BCUT2D eigenvalue weighted by molar-refractivity contribution is 0.0679. The maximum Gasteiger partial charge on any atom is 0.410 e. The van der Waals surface area contributed by atoms with Crippen molar-refractivity contribution in [2.45, 2.75) is 57.0 Å².